The zero-order valence-electron chi connectivity index (χ0n) is 15.1. The Hall–Kier alpha value is -3.50. The van der Waals surface area contributed by atoms with Crippen molar-refractivity contribution in [2.24, 2.45) is 0 Å². The zero-order chi connectivity index (χ0) is 20.7. The molecule has 28 heavy (non-hydrogen) atoms. The van der Waals surface area contributed by atoms with Crippen molar-refractivity contribution in [3.8, 4) is 17.6 Å². The van der Waals surface area contributed by atoms with Gasteiger partial charge in [0.2, 0.25) is 0 Å². The van der Waals surface area contributed by atoms with Crippen LogP contribution in [0.15, 0.2) is 42.0 Å². The fourth-order valence-corrected chi connectivity index (χ4v) is 2.45. The number of halogens is 1. The standard InChI is InChI=1S/C20H17ClN2O5/c1-12-7-16(18(27-2)9-15(12)21)23-20(26)14(10-22)8-13-5-3-4-6-17(13)28-11-19(24)25/h3-9H,11H2,1-2H3,(H,23,26)(H,24,25)/p-1/b14-8+. The van der Waals surface area contributed by atoms with E-state index in [1.165, 1.54) is 19.3 Å². The smallest absolute Gasteiger partial charge is 0.266 e. The Morgan fingerprint density at radius 3 is 2.64 bits per heavy atom. The Bertz CT molecular complexity index is 979. The number of hydrogen-bond donors (Lipinski definition) is 1. The number of para-hydroxylation sites is 1. The number of amides is 1. The molecular formula is C20H16ClN2O5-. The molecule has 0 radical (unpaired) electrons. The molecule has 7 nitrogen and oxygen atoms in total. The first-order chi connectivity index (χ1) is 13.3. The summed E-state index contributed by atoms with van der Waals surface area (Å²) < 4.78 is 10.3. The number of methoxy groups -OCH3 is 1. The van der Waals surface area contributed by atoms with Crippen molar-refractivity contribution in [1.82, 2.24) is 0 Å². The van der Waals surface area contributed by atoms with Gasteiger partial charge in [-0.1, -0.05) is 29.8 Å². The van der Waals surface area contributed by atoms with Gasteiger partial charge in [0.25, 0.3) is 5.91 Å². The van der Waals surface area contributed by atoms with Gasteiger partial charge in [-0.2, -0.15) is 5.26 Å². The number of benzene rings is 2. The number of ether oxygens (including phenoxy) is 2. The molecule has 0 aromatic heterocycles. The number of aliphatic carboxylic acids is 1. The number of nitriles is 1. The number of aryl methyl sites for hydroxylation is 1. The highest BCUT2D eigenvalue weighted by molar-refractivity contribution is 6.31. The van der Waals surface area contributed by atoms with E-state index in [4.69, 9.17) is 21.1 Å². The highest BCUT2D eigenvalue weighted by atomic mass is 35.5. The zero-order valence-corrected chi connectivity index (χ0v) is 15.9. The number of nitrogens with one attached hydrogen (secondary N) is 1. The Morgan fingerprint density at radius 2 is 2.00 bits per heavy atom. The maximum absolute atomic E-state index is 12.6. The van der Waals surface area contributed by atoms with Crippen molar-refractivity contribution in [3.05, 3.63) is 58.1 Å². The summed E-state index contributed by atoms with van der Waals surface area (Å²) in [5.41, 5.74) is 1.24. The van der Waals surface area contributed by atoms with Crippen molar-refractivity contribution < 1.29 is 24.2 Å². The number of carbonyl (C=O) groups is 2. The van der Waals surface area contributed by atoms with E-state index < -0.39 is 18.5 Å². The predicted octanol–water partition coefficient (Wildman–Crippen LogP) is 2.33. The van der Waals surface area contributed by atoms with Crippen LogP contribution >= 0.6 is 11.6 Å². The number of rotatable bonds is 7. The summed E-state index contributed by atoms with van der Waals surface area (Å²) in [4.78, 5) is 23.2. The average Bonchev–Trinajstić information content (AvgIpc) is 2.67. The van der Waals surface area contributed by atoms with Gasteiger partial charge in [-0.05, 0) is 30.7 Å². The van der Waals surface area contributed by atoms with Gasteiger partial charge in [-0.15, -0.1) is 0 Å². The van der Waals surface area contributed by atoms with Crippen molar-refractivity contribution in [2.75, 3.05) is 19.0 Å². The van der Waals surface area contributed by atoms with Crippen LogP contribution in [0, 0.1) is 18.3 Å². The van der Waals surface area contributed by atoms with Gasteiger partial charge in [0.15, 0.2) is 0 Å². The number of nitrogens with zero attached hydrogens (tertiary/aromatic N) is 1. The topological polar surface area (TPSA) is 111 Å². The van der Waals surface area contributed by atoms with E-state index in [-0.39, 0.29) is 11.3 Å². The van der Waals surface area contributed by atoms with Gasteiger partial charge >= 0.3 is 0 Å². The van der Waals surface area contributed by atoms with Gasteiger partial charge in [0.05, 0.1) is 18.8 Å². The third-order valence-corrected chi connectivity index (χ3v) is 4.07. The summed E-state index contributed by atoms with van der Waals surface area (Å²) in [6.45, 7) is 1.11. The largest absolute Gasteiger partial charge is 0.546 e. The second-order valence-corrected chi connectivity index (χ2v) is 6.03. The first-order valence-corrected chi connectivity index (χ1v) is 8.42. The minimum Gasteiger partial charge on any atom is -0.546 e. The average molecular weight is 400 g/mol. The van der Waals surface area contributed by atoms with Crippen LogP contribution in [0.25, 0.3) is 6.08 Å². The highest BCUT2D eigenvalue weighted by Gasteiger charge is 2.15. The first kappa shape index (κ1) is 20.8. The van der Waals surface area contributed by atoms with E-state index in [0.717, 1.165) is 5.56 Å². The van der Waals surface area contributed by atoms with E-state index in [0.29, 0.717) is 22.0 Å². The van der Waals surface area contributed by atoms with Crippen LogP contribution in [0.1, 0.15) is 11.1 Å². The molecule has 1 amide bonds. The van der Waals surface area contributed by atoms with Crippen LogP contribution in [-0.2, 0) is 9.59 Å². The van der Waals surface area contributed by atoms with E-state index in [2.05, 4.69) is 5.32 Å². The normalized spacial score (nSPS) is 10.7. The molecule has 0 saturated heterocycles. The molecule has 0 bridgehead atoms. The summed E-state index contributed by atoms with van der Waals surface area (Å²) in [6.07, 6.45) is 1.30. The minimum absolute atomic E-state index is 0.201. The quantitative estimate of drug-likeness (QED) is 0.565. The highest BCUT2D eigenvalue weighted by Crippen LogP contribution is 2.31. The fraction of sp³-hybridized carbons (Fsp3) is 0.150. The molecular weight excluding hydrogens is 384 g/mol. The van der Waals surface area contributed by atoms with Crippen molar-refractivity contribution in [3.63, 3.8) is 0 Å². The van der Waals surface area contributed by atoms with Crippen LogP contribution in [0.5, 0.6) is 11.5 Å². The van der Waals surface area contributed by atoms with Crippen LogP contribution in [0.4, 0.5) is 5.69 Å². The molecule has 0 unspecified atom stereocenters. The Balaban J connectivity index is 2.31. The SMILES string of the molecule is COc1cc(Cl)c(C)cc1NC(=O)/C(C#N)=C/c1ccccc1OCC(=O)[O-]. The molecule has 144 valence electrons. The van der Waals surface area contributed by atoms with Crippen LogP contribution < -0.4 is 19.9 Å². The molecule has 8 heteroatoms. The van der Waals surface area contributed by atoms with Gasteiger partial charge in [0.1, 0.15) is 29.7 Å². The van der Waals surface area contributed by atoms with E-state index in [1.54, 1.807) is 37.3 Å². The lowest BCUT2D eigenvalue weighted by molar-refractivity contribution is -0.307. The lowest BCUT2D eigenvalue weighted by atomic mass is 10.1. The first-order valence-electron chi connectivity index (χ1n) is 8.04. The second kappa shape index (κ2) is 9.44. The summed E-state index contributed by atoms with van der Waals surface area (Å²) >= 11 is 6.05. The lowest BCUT2D eigenvalue weighted by Crippen LogP contribution is -2.29. The molecule has 2 aromatic rings. The predicted molar refractivity (Wildman–Crippen MR) is 102 cm³/mol. The van der Waals surface area contributed by atoms with Gasteiger partial charge in [-0.25, -0.2) is 0 Å². The Kier molecular flexibility index (Phi) is 7.02. The maximum atomic E-state index is 12.6. The number of carboxylic acids is 1. The molecule has 0 aliphatic rings. The Labute approximate surface area is 166 Å². The number of carbonyl (C=O) groups excluding carboxylic acids is 2. The number of carboxylic acid groups (broad SMARTS) is 1. The minimum atomic E-state index is -1.39. The number of hydrogen-bond acceptors (Lipinski definition) is 6. The lowest BCUT2D eigenvalue weighted by Gasteiger charge is -2.12. The fourth-order valence-electron chi connectivity index (χ4n) is 2.29. The third-order valence-electron chi connectivity index (χ3n) is 3.66. The monoisotopic (exact) mass is 399 g/mol. The third kappa shape index (κ3) is 5.25. The molecule has 0 fully saturated rings. The summed E-state index contributed by atoms with van der Waals surface area (Å²) in [5.74, 6) is -1.51. The van der Waals surface area contributed by atoms with Gasteiger partial charge in [-0.3, -0.25) is 4.79 Å². The summed E-state index contributed by atoms with van der Waals surface area (Å²) in [7, 11) is 1.43. The molecule has 0 saturated carbocycles. The molecule has 0 aliphatic carbocycles. The molecule has 0 atom stereocenters. The molecule has 2 aromatic carbocycles. The van der Waals surface area contributed by atoms with Crippen LogP contribution in [-0.4, -0.2) is 25.6 Å². The van der Waals surface area contributed by atoms with Crippen molar-refractivity contribution in [1.29, 1.82) is 5.26 Å². The van der Waals surface area contributed by atoms with E-state index in [1.807, 2.05) is 6.07 Å². The molecule has 0 aliphatic heterocycles. The molecule has 2 rings (SSSR count). The second-order valence-electron chi connectivity index (χ2n) is 5.62. The van der Waals surface area contributed by atoms with Crippen molar-refractivity contribution in [2.45, 2.75) is 6.92 Å². The molecule has 0 spiro atoms. The van der Waals surface area contributed by atoms with E-state index in [9.17, 15) is 20.0 Å². The molecule has 0 heterocycles. The van der Waals surface area contributed by atoms with Crippen LogP contribution in [0.3, 0.4) is 0 Å². The van der Waals surface area contributed by atoms with Crippen LogP contribution in [0.2, 0.25) is 5.02 Å². The number of anilines is 1. The summed E-state index contributed by atoms with van der Waals surface area (Å²) in [6, 6.07) is 11.4. The van der Waals surface area contributed by atoms with E-state index >= 15 is 0 Å². The van der Waals surface area contributed by atoms with Crippen molar-refractivity contribution >= 4 is 35.2 Å². The maximum Gasteiger partial charge on any atom is 0.266 e. The summed E-state index contributed by atoms with van der Waals surface area (Å²) in [5, 5.41) is 23.1. The van der Waals surface area contributed by atoms with Gasteiger partial charge < -0.3 is 24.7 Å². The molecule has 1 N–H and O–H groups in total. The van der Waals surface area contributed by atoms with Gasteiger partial charge in [0, 0.05) is 16.7 Å². The Morgan fingerprint density at radius 1 is 1.29 bits per heavy atom.